The van der Waals surface area contributed by atoms with Gasteiger partial charge in [0.1, 0.15) is 0 Å². The second-order valence-corrected chi connectivity index (χ2v) is 3.30. The monoisotopic (exact) mass is 409 g/mol. The fraction of sp³-hybridized carbons (Fsp3) is 0.500. The van der Waals surface area contributed by atoms with E-state index in [2.05, 4.69) is 21.0 Å². The van der Waals surface area contributed by atoms with Crippen molar-refractivity contribution in [2.24, 2.45) is 0 Å². The summed E-state index contributed by atoms with van der Waals surface area (Å²) < 4.78 is 37.1. The fourth-order valence-corrected chi connectivity index (χ4v) is 0. The van der Waals surface area contributed by atoms with Crippen LogP contribution in [0.3, 0.4) is 0 Å². The molecule has 0 aromatic rings. The summed E-state index contributed by atoms with van der Waals surface area (Å²) in [6, 6.07) is 0. The van der Waals surface area contributed by atoms with Crippen molar-refractivity contribution in [1.82, 2.24) is 0 Å². The Morgan fingerprint density at radius 2 is 0.696 bits per heavy atom. The van der Waals surface area contributed by atoms with Crippen molar-refractivity contribution in [3.8, 4) is 0 Å². The third kappa shape index (κ3) is 2140. The molecule has 0 heterocycles. The van der Waals surface area contributed by atoms with Crippen LogP contribution < -0.4 is 4.75 Å². The van der Waals surface area contributed by atoms with Crippen molar-refractivity contribution >= 4 is 34.3 Å². The molecule has 0 spiro atoms. The van der Waals surface area contributed by atoms with Crippen molar-refractivity contribution in [2.45, 2.75) is 27.7 Å². The Morgan fingerprint density at radius 1 is 0.696 bits per heavy atom. The number of rotatable bonds is 0. The van der Waals surface area contributed by atoms with Gasteiger partial charge in [0.25, 0.3) is 23.9 Å². The Labute approximate surface area is 140 Å². The number of hydrogen-bond acceptors (Lipinski definition) is 8. The minimum atomic E-state index is -5.17. The summed E-state index contributed by atoms with van der Waals surface area (Å²) in [7, 11) is -5.17. The summed E-state index contributed by atoms with van der Waals surface area (Å²) in [5, 5.41) is 29.7. The second kappa shape index (κ2) is 28.4. The molecule has 0 aliphatic heterocycles. The molecule has 0 aromatic heterocycles. The van der Waals surface area contributed by atoms with Crippen LogP contribution in [0.5, 0.6) is 0 Å². The molecular weight excluding hydrogens is 390 g/mol. The molecule has 0 amide bonds. The van der Waals surface area contributed by atoms with E-state index in [1.807, 2.05) is 0 Å². The van der Waals surface area contributed by atoms with Crippen LogP contribution in [0.25, 0.3) is 0 Å². The predicted molar refractivity (Wildman–Crippen MR) is 66.6 cm³/mol. The Hall–Kier alpha value is -1.77. The molecule has 23 heavy (non-hydrogen) atoms. The van der Waals surface area contributed by atoms with E-state index in [-0.39, 0.29) is 0 Å². The van der Waals surface area contributed by atoms with Crippen LogP contribution >= 0.6 is 0 Å². The Bertz CT molecular complexity index is 335. The standard InChI is InChI=1S/4C2H4O2.Fe.H3N.H2O4S/c4*1-2(3)4;;;1-5(2,3)4/h4*1H3,(H,3,4);;1H3;(H2,1,2,3,4)/q;;;;+2;;/p-2. The van der Waals surface area contributed by atoms with Gasteiger partial charge in [-0.3, -0.25) is 27.6 Å². The van der Waals surface area contributed by atoms with Crippen LogP contribution in [0.2, 0.25) is 0 Å². The van der Waals surface area contributed by atoms with Crippen molar-refractivity contribution in [1.29, 1.82) is 0 Å². The molecule has 0 fully saturated rings. The van der Waals surface area contributed by atoms with E-state index >= 15 is 0 Å². The molecule has 0 aliphatic rings. The predicted octanol–water partition coefficient (Wildman–Crippen LogP) is -2.28. The fourth-order valence-electron chi connectivity index (χ4n) is 0. The Morgan fingerprint density at radius 3 is 0.696 bits per heavy atom. The molecule has 15 heteroatoms. The summed E-state index contributed by atoms with van der Waals surface area (Å²) in [6.07, 6.45) is 0. The van der Waals surface area contributed by atoms with E-state index in [0.29, 0.717) is 0 Å². The minimum absolute atomic E-state index is 0.833. The van der Waals surface area contributed by atoms with Gasteiger partial charge in [0.15, 0.2) is 0 Å². The van der Waals surface area contributed by atoms with Crippen molar-refractivity contribution in [3.63, 3.8) is 0 Å². The first-order valence-electron chi connectivity index (χ1n) is 4.63. The van der Waals surface area contributed by atoms with E-state index in [9.17, 15) is 0 Å². The van der Waals surface area contributed by atoms with E-state index in [0.717, 1.165) is 27.7 Å². The van der Waals surface area contributed by atoms with Gasteiger partial charge >= 0.3 is 21.0 Å². The first kappa shape index (κ1) is 37.5. The number of carbonyl (C=O) groups is 4. The van der Waals surface area contributed by atoms with Crippen LogP contribution in [0.4, 0.5) is 0 Å². The molecular formula is C8H19FeNO12S. The van der Waals surface area contributed by atoms with Crippen LogP contribution in [-0.2, 0) is 45.8 Å². The number of aliphatic carboxylic acids is 4. The van der Waals surface area contributed by atoms with Crippen LogP contribution in [0.15, 0.2) is 0 Å². The van der Waals surface area contributed by atoms with E-state index in [4.69, 9.17) is 57.1 Å². The number of carboxylic acid groups (broad SMARTS) is 4. The third-order valence-corrected chi connectivity index (χ3v) is 0. The number of quaternary nitrogens is 1. The van der Waals surface area contributed by atoms with Crippen molar-refractivity contribution < 1.29 is 78.1 Å². The van der Waals surface area contributed by atoms with Gasteiger partial charge < -0.3 is 29.5 Å². The molecule has 0 bridgehead atoms. The molecule has 13 nitrogen and oxygen atoms in total. The van der Waals surface area contributed by atoms with Gasteiger partial charge in [-0.2, -0.15) is 0 Å². The quantitative estimate of drug-likeness (QED) is 0.161. The zero-order valence-corrected chi connectivity index (χ0v) is 14.4. The molecule has 0 saturated heterocycles. The van der Waals surface area contributed by atoms with Crippen LogP contribution in [-0.4, -0.2) is 61.8 Å². The van der Waals surface area contributed by atoms with Crippen molar-refractivity contribution in [2.75, 3.05) is 0 Å². The summed E-state index contributed by atoms with van der Waals surface area (Å²) in [5.41, 5.74) is 0. The van der Waals surface area contributed by atoms with E-state index < -0.39 is 34.3 Å². The first-order chi connectivity index (χ1) is 9.93. The van der Waals surface area contributed by atoms with Crippen LogP contribution in [0, 0.1) is 0 Å². The molecule has 0 saturated carbocycles. The molecule has 0 rings (SSSR count). The topological polar surface area (TPSA) is 257 Å². The summed E-state index contributed by atoms with van der Waals surface area (Å²) >= 11 is 3.00. The molecule has 0 aliphatic carbocycles. The molecule has 142 valence electrons. The number of carboxylic acids is 4. The van der Waals surface area contributed by atoms with Crippen LogP contribution in [0.1, 0.15) is 27.7 Å². The molecule has 0 unspecified atom stereocenters. The van der Waals surface area contributed by atoms with Gasteiger partial charge in [0.2, 0.25) is 0 Å². The van der Waals surface area contributed by atoms with Gasteiger partial charge in [-0.25, -0.2) is 0 Å². The van der Waals surface area contributed by atoms with Gasteiger partial charge in [-0.05, 0) is 0 Å². The maximum absolute atomic E-state index is 9.00. The van der Waals surface area contributed by atoms with E-state index in [1.54, 1.807) is 0 Å². The average molecular weight is 409 g/mol. The zero-order chi connectivity index (χ0) is 20.8. The first-order valence-corrected chi connectivity index (χ1v) is 6.74. The zero-order valence-electron chi connectivity index (χ0n) is 12.5. The number of hydrogen-bond donors (Lipinski definition) is 5. The van der Waals surface area contributed by atoms with Gasteiger partial charge in [0.05, 0.1) is 0 Å². The molecule has 0 radical (unpaired) electrons. The second-order valence-electron chi connectivity index (χ2n) is 2.48. The molecule has 0 aromatic carbocycles. The average Bonchev–Trinajstić information content (AvgIpc) is 2.12. The van der Waals surface area contributed by atoms with Gasteiger partial charge in [-0.15, -0.1) is 0 Å². The normalized spacial score (nSPS) is 7.13. The van der Waals surface area contributed by atoms with E-state index in [1.165, 1.54) is 0 Å². The summed E-state index contributed by atoms with van der Waals surface area (Å²) in [4.78, 5) is 36.0. The Balaban J connectivity index is -0.0000000383. The molecule has 0 atom stereocenters. The maximum atomic E-state index is 9.00. The third-order valence-electron chi connectivity index (χ3n) is 0. The Kier molecular flexibility index (Phi) is 46.3. The van der Waals surface area contributed by atoms with Crippen molar-refractivity contribution in [3.05, 3.63) is 0 Å². The van der Waals surface area contributed by atoms with Gasteiger partial charge in [-0.1, -0.05) is 0 Å². The van der Waals surface area contributed by atoms with Gasteiger partial charge in [0, 0.05) is 38.1 Å². The molecule has 7 N–H and O–H groups in total. The summed E-state index contributed by atoms with van der Waals surface area (Å²) in [6.45, 7) is 4.33. The SMILES string of the molecule is CC(=O)O.CC(=O)O.CC(=O)O.CC(=O)O.O=S(=O)([O-])[O-].[NH3+][Fe+]. The summed E-state index contributed by atoms with van der Waals surface area (Å²) in [5.74, 6) is -3.33.